The summed E-state index contributed by atoms with van der Waals surface area (Å²) in [5, 5.41) is 6.53. The minimum Gasteiger partial charge on any atom is -0.354 e. The molecule has 2 rings (SSSR count). The highest BCUT2D eigenvalue weighted by Gasteiger charge is 2.32. The molecule has 1 amide bonds. The average molecular weight is 295 g/mol. The van der Waals surface area contributed by atoms with Crippen molar-refractivity contribution in [3.05, 3.63) is 0 Å². The molecule has 2 N–H and O–H groups in total. The van der Waals surface area contributed by atoms with Crippen LogP contribution in [-0.4, -0.2) is 49.1 Å². The third kappa shape index (κ3) is 4.68. The van der Waals surface area contributed by atoms with Gasteiger partial charge in [0.15, 0.2) is 0 Å². The molecule has 0 spiro atoms. The van der Waals surface area contributed by atoms with Gasteiger partial charge in [-0.25, -0.2) is 0 Å². The third-order valence-corrected chi connectivity index (χ3v) is 5.36. The fourth-order valence-corrected chi connectivity index (χ4v) is 3.59. The monoisotopic (exact) mass is 295 g/mol. The molecule has 4 nitrogen and oxygen atoms in total. The lowest BCUT2D eigenvalue weighted by molar-refractivity contribution is -0.126. The summed E-state index contributed by atoms with van der Waals surface area (Å²) in [6, 6.07) is 0. The predicted molar refractivity (Wildman–Crippen MR) is 87.3 cm³/mol. The Morgan fingerprint density at radius 1 is 1.29 bits per heavy atom. The SMILES string of the molecule is CCC1CCCN(C(C)(C)CNC(=O)C2CCNCC2)C1. The van der Waals surface area contributed by atoms with Crippen molar-refractivity contribution in [2.45, 2.75) is 58.4 Å². The van der Waals surface area contributed by atoms with E-state index in [0.29, 0.717) is 0 Å². The molecule has 21 heavy (non-hydrogen) atoms. The van der Waals surface area contributed by atoms with Crippen LogP contribution in [0.1, 0.15) is 52.9 Å². The van der Waals surface area contributed by atoms with Gasteiger partial charge < -0.3 is 10.6 Å². The van der Waals surface area contributed by atoms with Crippen LogP contribution < -0.4 is 10.6 Å². The number of nitrogens with one attached hydrogen (secondary N) is 2. The smallest absolute Gasteiger partial charge is 0.223 e. The average Bonchev–Trinajstić information content (AvgIpc) is 2.53. The highest BCUT2D eigenvalue weighted by Crippen LogP contribution is 2.25. The van der Waals surface area contributed by atoms with E-state index in [2.05, 4.69) is 36.3 Å². The Balaban J connectivity index is 1.81. The molecular weight excluding hydrogens is 262 g/mol. The second kappa shape index (κ2) is 7.59. The summed E-state index contributed by atoms with van der Waals surface area (Å²) in [6.45, 7) is 11.9. The van der Waals surface area contributed by atoms with Crippen molar-refractivity contribution >= 4 is 5.91 Å². The molecule has 1 atom stereocenters. The van der Waals surface area contributed by atoms with E-state index in [1.807, 2.05) is 0 Å². The van der Waals surface area contributed by atoms with Gasteiger partial charge in [-0.15, -0.1) is 0 Å². The zero-order chi connectivity index (χ0) is 15.3. The number of nitrogens with zero attached hydrogens (tertiary/aromatic N) is 1. The maximum absolute atomic E-state index is 12.3. The second-order valence-electron chi connectivity index (χ2n) is 7.42. The molecule has 0 aliphatic carbocycles. The highest BCUT2D eigenvalue weighted by atomic mass is 16.1. The first kappa shape index (κ1) is 16.8. The fraction of sp³-hybridized carbons (Fsp3) is 0.941. The molecule has 0 bridgehead atoms. The van der Waals surface area contributed by atoms with E-state index in [1.165, 1.54) is 32.4 Å². The maximum atomic E-state index is 12.3. The van der Waals surface area contributed by atoms with Crippen LogP contribution in [0.4, 0.5) is 0 Å². The fourth-order valence-electron chi connectivity index (χ4n) is 3.59. The molecule has 1 unspecified atom stereocenters. The van der Waals surface area contributed by atoms with Gasteiger partial charge in [-0.1, -0.05) is 13.3 Å². The van der Waals surface area contributed by atoms with Gasteiger partial charge in [-0.2, -0.15) is 0 Å². The summed E-state index contributed by atoms with van der Waals surface area (Å²) in [7, 11) is 0. The van der Waals surface area contributed by atoms with Gasteiger partial charge >= 0.3 is 0 Å². The molecule has 0 radical (unpaired) electrons. The Labute approximate surface area is 130 Å². The normalized spacial score (nSPS) is 25.8. The first-order chi connectivity index (χ1) is 10.0. The number of carbonyl (C=O) groups excluding carboxylic acids is 1. The van der Waals surface area contributed by atoms with Gasteiger partial charge in [0.05, 0.1) is 0 Å². The summed E-state index contributed by atoms with van der Waals surface area (Å²) in [5.41, 5.74) is 0.0659. The number of amides is 1. The Morgan fingerprint density at radius 3 is 2.67 bits per heavy atom. The summed E-state index contributed by atoms with van der Waals surface area (Å²) < 4.78 is 0. The molecule has 2 aliphatic heterocycles. The standard InChI is InChI=1S/C17H33N3O/c1-4-14-6-5-11-20(12-14)17(2,3)13-19-16(21)15-7-9-18-10-8-15/h14-15,18H,4-13H2,1-3H3,(H,19,21). The van der Waals surface area contributed by atoms with Gasteiger partial charge in [0.25, 0.3) is 0 Å². The van der Waals surface area contributed by atoms with Crippen molar-refractivity contribution in [1.82, 2.24) is 15.5 Å². The lowest BCUT2D eigenvalue weighted by Gasteiger charge is -2.43. The van der Waals surface area contributed by atoms with E-state index in [1.54, 1.807) is 0 Å². The van der Waals surface area contributed by atoms with Crippen molar-refractivity contribution in [3.63, 3.8) is 0 Å². The van der Waals surface area contributed by atoms with Crippen LogP contribution >= 0.6 is 0 Å². The zero-order valence-electron chi connectivity index (χ0n) is 14.1. The second-order valence-corrected chi connectivity index (χ2v) is 7.42. The van der Waals surface area contributed by atoms with Crippen molar-refractivity contribution < 1.29 is 4.79 Å². The lowest BCUT2D eigenvalue weighted by Crippen LogP contribution is -2.55. The van der Waals surface area contributed by atoms with Crippen molar-refractivity contribution in [2.75, 3.05) is 32.7 Å². The molecule has 2 aliphatic rings. The summed E-state index contributed by atoms with van der Waals surface area (Å²) in [5.74, 6) is 1.30. The van der Waals surface area contributed by atoms with Crippen LogP contribution in [0.25, 0.3) is 0 Å². The predicted octanol–water partition coefficient (Wildman–Crippen LogP) is 2.00. The molecule has 4 heteroatoms. The molecule has 0 aromatic rings. The lowest BCUT2D eigenvalue weighted by atomic mass is 9.90. The van der Waals surface area contributed by atoms with Crippen LogP contribution in [0.2, 0.25) is 0 Å². The first-order valence-corrected chi connectivity index (χ1v) is 8.76. The van der Waals surface area contributed by atoms with Crippen molar-refractivity contribution in [2.24, 2.45) is 11.8 Å². The van der Waals surface area contributed by atoms with Gasteiger partial charge in [0.1, 0.15) is 0 Å². The van der Waals surface area contributed by atoms with E-state index < -0.39 is 0 Å². The molecule has 0 aromatic carbocycles. The molecule has 0 aromatic heterocycles. The number of likely N-dealkylation sites (tertiary alicyclic amines) is 1. The van der Waals surface area contributed by atoms with Crippen LogP contribution in [0.5, 0.6) is 0 Å². The van der Waals surface area contributed by atoms with Gasteiger partial charge in [0, 0.05) is 24.5 Å². The van der Waals surface area contributed by atoms with E-state index in [-0.39, 0.29) is 17.4 Å². The Hall–Kier alpha value is -0.610. The molecular formula is C17H33N3O. The van der Waals surface area contributed by atoms with E-state index in [9.17, 15) is 4.79 Å². The van der Waals surface area contributed by atoms with E-state index in [0.717, 1.165) is 38.4 Å². The third-order valence-electron chi connectivity index (χ3n) is 5.36. The number of hydrogen-bond donors (Lipinski definition) is 2. The summed E-state index contributed by atoms with van der Waals surface area (Å²) >= 11 is 0. The number of rotatable bonds is 5. The number of carbonyl (C=O) groups is 1. The van der Waals surface area contributed by atoms with E-state index >= 15 is 0 Å². The molecule has 2 heterocycles. The minimum atomic E-state index is 0.0659. The minimum absolute atomic E-state index is 0.0659. The zero-order valence-corrected chi connectivity index (χ0v) is 14.1. The highest BCUT2D eigenvalue weighted by molar-refractivity contribution is 5.78. The van der Waals surface area contributed by atoms with Gasteiger partial charge in [-0.05, 0) is 65.1 Å². The molecule has 2 fully saturated rings. The van der Waals surface area contributed by atoms with Crippen molar-refractivity contribution in [1.29, 1.82) is 0 Å². The van der Waals surface area contributed by atoms with Crippen LogP contribution in [0, 0.1) is 11.8 Å². The van der Waals surface area contributed by atoms with E-state index in [4.69, 9.17) is 0 Å². The maximum Gasteiger partial charge on any atom is 0.223 e. The van der Waals surface area contributed by atoms with Crippen molar-refractivity contribution in [3.8, 4) is 0 Å². The Kier molecular flexibility index (Phi) is 6.06. The topological polar surface area (TPSA) is 44.4 Å². The Bertz CT molecular complexity index is 337. The number of hydrogen-bond acceptors (Lipinski definition) is 3. The quantitative estimate of drug-likeness (QED) is 0.815. The first-order valence-electron chi connectivity index (χ1n) is 8.76. The molecule has 0 saturated carbocycles. The van der Waals surface area contributed by atoms with Crippen LogP contribution in [-0.2, 0) is 4.79 Å². The van der Waals surface area contributed by atoms with Gasteiger partial charge in [0.2, 0.25) is 5.91 Å². The summed E-state index contributed by atoms with van der Waals surface area (Å²) in [6.07, 6.45) is 5.89. The largest absolute Gasteiger partial charge is 0.354 e. The Morgan fingerprint density at radius 2 is 2.00 bits per heavy atom. The van der Waals surface area contributed by atoms with Crippen LogP contribution in [0.3, 0.4) is 0 Å². The molecule has 2 saturated heterocycles. The van der Waals surface area contributed by atoms with Crippen LogP contribution in [0.15, 0.2) is 0 Å². The van der Waals surface area contributed by atoms with Gasteiger partial charge in [-0.3, -0.25) is 9.69 Å². The number of piperidine rings is 2. The molecule has 122 valence electrons. The summed E-state index contributed by atoms with van der Waals surface area (Å²) in [4.78, 5) is 14.9.